The lowest BCUT2D eigenvalue weighted by Gasteiger charge is -2.05. The van der Waals surface area contributed by atoms with Crippen molar-refractivity contribution in [2.75, 3.05) is 11.9 Å². The monoisotopic (exact) mass is 281 g/mol. The van der Waals surface area contributed by atoms with Crippen LogP contribution in [-0.2, 0) is 10.0 Å². The fourth-order valence-corrected chi connectivity index (χ4v) is 2.48. The highest BCUT2D eigenvalue weighted by molar-refractivity contribution is 9.09. The summed E-state index contributed by atoms with van der Waals surface area (Å²) >= 11 is 3.07. The summed E-state index contributed by atoms with van der Waals surface area (Å²) < 4.78 is 38.2. The normalized spacial score (nSPS) is 11.6. The van der Waals surface area contributed by atoms with E-state index < -0.39 is 15.8 Å². The Bertz CT molecular complexity index is 408. The Kier molecular flexibility index (Phi) is 4.03. The molecule has 0 aromatic heterocycles. The molecule has 1 N–H and O–H groups in total. The van der Waals surface area contributed by atoms with Crippen LogP contribution in [0.5, 0.6) is 0 Å². The molecule has 0 spiro atoms. The predicted molar refractivity (Wildman–Crippen MR) is 55.4 cm³/mol. The zero-order chi connectivity index (χ0) is 10.6. The Morgan fingerprint density at radius 3 is 2.57 bits per heavy atom. The van der Waals surface area contributed by atoms with Gasteiger partial charge in [-0.05, 0) is 12.1 Å². The van der Waals surface area contributed by atoms with Gasteiger partial charge in [-0.1, -0.05) is 28.1 Å². The average Bonchev–Trinajstić information content (AvgIpc) is 2.15. The lowest BCUT2D eigenvalue weighted by molar-refractivity contribution is 0.559. The van der Waals surface area contributed by atoms with Crippen LogP contribution in [0, 0.1) is 5.82 Å². The second-order valence-electron chi connectivity index (χ2n) is 2.52. The Morgan fingerprint density at radius 1 is 1.36 bits per heavy atom. The van der Waals surface area contributed by atoms with Gasteiger partial charge in [-0.25, -0.2) is 17.5 Å². The molecule has 14 heavy (non-hydrogen) atoms. The number of benzene rings is 1. The second kappa shape index (κ2) is 4.86. The SMILES string of the molecule is O=S(=O)(NCCBr)c1ccccc1F. The number of halogens is 2. The predicted octanol–water partition coefficient (Wildman–Crippen LogP) is 1.50. The van der Waals surface area contributed by atoms with E-state index in [2.05, 4.69) is 20.7 Å². The molecule has 0 heterocycles. The van der Waals surface area contributed by atoms with E-state index in [0.29, 0.717) is 5.33 Å². The van der Waals surface area contributed by atoms with Crippen molar-refractivity contribution in [1.82, 2.24) is 4.72 Å². The first-order chi connectivity index (χ1) is 6.58. The van der Waals surface area contributed by atoms with E-state index in [1.165, 1.54) is 18.2 Å². The molecular formula is C8H9BrFNO2S. The van der Waals surface area contributed by atoms with E-state index in [1.54, 1.807) is 0 Å². The maximum absolute atomic E-state index is 13.1. The smallest absolute Gasteiger partial charge is 0.210 e. The fourth-order valence-electron chi connectivity index (χ4n) is 0.913. The van der Waals surface area contributed by atoms with Crippen LogP contribution in [0.3, 0.4) is 0 Å². The summed E-state index contributed by atoms with van der Waals surface area (Å²) in [5.74, 6) is -0.741. The van der Waals surface area contributed by atoms with Gasteiger partial charge in [0.2, 0.25) is 10.0 Å². The van der Waals surface area contributed by atoms with Crippen LogP contribution in [0.4, 0.5) is 4.39 Å². The molecule has 0 unspecified atom stereocenters. The van der Waals surface area contributed by atoms with Crippen molar-refractivity contribution in [2.24, 2.45) is 0 Å². The van der Waals surface area contributed by atoms with Crippen LogP contribution in [0.25, 0.3) is 0 Å². The van der Waals surface area contributed by atoms with E-state index in [9.17, 15) is 12.8 Å². The van der Waals surface area contributed by atoms with Gasteiger partial charge in [0.1, 0.15) is 10.7 Å². The molecule has 0 saturated carbocycles. The molecule has 0 radical (unpaired) electrons. The van der Waals surface area contributed by atoms with Gasteiger partial charge in [-0.2, -0.15) is 0 Å². The Hall–Kier alpha value is -0.460. The minimum Gasteiger partial charge on any atom is -0.210 e. The molecule has 0 amide bonds. The van der Waals surface area contributed by atoms with E-state index in [0.717, 1.165) is 6.07 Å². The van der Waals surface area contributed by atoms with Crippen molar-refractivity contribution < 1.29 is 12.8 Å². The summed E-state index contributed by atoms with van der Waals surface area (Å²) in [6, 6.07) is 5.26. The Balaban J connectivity index is 2.99. The molecule has 6 heteroatoms. The minimum absolute atomic E-state index is 0.233. The first kappa shape index (κ1) is 11.6. The van der Waals surface area contributed by atoms with E-state index in [-0.39, 0.29) is 11.4 Å². The molecule has 1 aromatic rings. The number of nitrogens with one attached hydrogen (secondary N) is 1. The third kappa shape index (κ3) is 2.76. The first-order valence-electron chi connectivity index (χ1n) is 3.88. The summed E-state index contributed by atoms with van der Waals surface area (Å²) in [6.45, 7) is 0.233. The van der Waals surface area contributed by atoms with Crippen molar-refractivity contribution in [1.29, 1.82) is 0 Å². The summed E-state index contributed by atoms with van der Waals surface area (Å²) in [4.78, 5) is -0.319. The lowest BCUT2D eigenvalue weighted by Crippen LogP contribution is -2.26. The Morgan fingerprint density at radius 2 is 2.00 bits per heavy atom. The highest BCUT2D eigenvalue weighted by atomic mass is 79.9. The topological polar surface area (TPSA) is 46.2 Å². The van der Waals surface area contributed by atoms with E-state index >= 15 is 0 Å². The molecule has 1 rings (SSSR count). The summed E-state index contributed by atoms with van der Waals surface area (Å²) in [5.41, 5.74) is 0. The highest BCUT2D eigenvalue weighted by Crippen LogP contribution is 2.12. The summed E-state index contributed by atoms with van der Waals surface area (Å²) in [5, 5.41) is 0.487. The van der Waals surface area contributed by atoms with Crippen LogP contribution in [0.15, 0.2) is 29.2 Å². The molecule has 0 fully saturated rings. The number of rotatable bonds is 4. The van der Waals surface area contributed by atoms with Crippen molar-refractivity contribution in [3.8, 4) is 0 Å². The maximum atomic E-state index is 13.1. The molecule has 0 aliphatic rings. The van der Waals surface area contributed by atoms with Gasteiger partial charge in [0.05, 0.1) is 0 Å². The number of alkyl halides is 1. The molecule has 1 aromatic carbocycles. The zero-order valence-electron chi connectivity index (χ0n) is 7.20. The molecule has 0 aliphatic heterocycles. The molecule has 3 nitrogen and oxygen atoms in total. The van der Waals surface area contributed by atoms with E-state index in [1.807, 2.05) is 0 Å². The first-order valence-corrected chi connectivity index (χ1v) is 6.48. The second-order valence-corrected chi connectivity index (χ2v) is 5.05. The van der Waals surface area contributed by atoms with Crippen molar-refractivity contribution in [3.05, 3.63) is 30.1 Å². The standard InChI is InChI=1S/C8H9BrFNO2S/c9-5-6-11-14(12,13)8-4-2-1-3-7(8)10/h1-4,11H,5-6H2. The molecule has 0 aliphatic carbocycles. The van der Waals surface area contributed by atoms with Crippen LogP contribution < -0.4 is 4.72 Å². The van der Waals surface area contributed by atoms with Gasteiger partial charge in [0.15, 0.2) is 0 Å². The van der Waals surface area contributed by atoms with Gasteiger partial charge in [-0.3, -0.25) is 0 Å². The lowest BCUT2D eigenvalue weighted by atomic mass is 10.4. The van der Waals surface area contributed by atoms with Gasteiger partial charge in [-0.15, -0.1) is 0 Å². The fraction of sp³-hybridized carbons (Fsp3) is 0.250. The van der Waals surface area contributed by atoms with Crippen molar-refractivity contribution >= 4 is 26.0 Å². The van der Waals surface area contributed by atoms with Crippen LogP contribution >= 0.6 is 15.9 Å². The molecule has 0 saturated heterocycles. The average molecular weight is 282 g/mol. The minimum atomic E-state index is -3.71. The molecule has 78 valence electrons. The third-order valence-corrected chi connectivity index (χ3v) is 3.40. The van der Waals surface area contributed by atoms with Gasteiger partial charge in [0, 0.05) is 11.9 Å². The summed E-state index contributed by atoms with van der Waals surface area (Å²) in [6.07, 6.45) is 0. The van der Waals surface area contributed by atoms with Crippen LogP contribution in [0.2, 0.25) is 0 Å². The van der Waals surface area contributed by atoms with Crippen molar-refractivity contribution in [3.63, 3.8) is 0 Å². The zero-order valence-corrected chi connectivity index (χ0v) is 9.61. The molecule has 0 bridgehead atoms. The van der Waals surface area contributed by atoms with Gasteiger partial charge >= 0.3 is 0 Å². The largest absolute Gasteiger partial charge is 0.243 e. The summed E-state index contributed by atoms with van der Waals surface area (Å²) in [7, 11) is -3.71. The highest BCUT2D eigenvalue weighted by Gasteiger charge is 2.16. The molecular weight excluding hydrogens is 273 g/mol. The maximum Gasteiger partial charge on any atom is 0.243 e. The van der Waals surface area contributed by atoms with Crippen LogP contribution in [0.1, 0.15) is 0 Å². The number of hydrogen-bond donors (Lipinski definition) is 1. The van der Waals surface area contributed by atoms with E-state index in [4.69, 9.17) is 0 Å². The van der Waals surface area contributed by atoms with Gasteiger partial charge < -0.3 is 0 Å². The third-order valence-electron chi connectivity index (χ3n) is 1.51. The molecule has 0 atom stereocenters. The van der Waals surface area contributed by atoms with Gasteiger partial charge in [0.25, 0.3) is 0 Å². The Labute approximate surface area is 90.5 Å². The van der Waals surface area contributed by atoms with Crippen LogP contribution in [-0.4, -0.2) is 20.3 Å². The van der Waals surface area contributed by atoms with Crippen molar-refractivity contribution in [2.45, 2.75) is 4.90 Å². The number of hydrogen-bond acceptors (Lipinski definition) is 2. The quantitative estimate of drug-likeness (QED) is 0.851. The number of sulfonamides is 1.